The minimum absolute atomic E-state index is 0.152. The molecule has 24 heavy (non-hydrogen) atoms. The van der Waals surface area contributed by atoms with Crippen LogP contribution in [0.2, 0.25) is 0 Å². The summed E-state index contributed by atoms with van der Waals surface area (Å²) in [5, 5.41) is 0. The minimum atomic E-state index is -1.59. The van der Waals surface area contributed by atoms with Gasteiger partial charge in [-0.25, -0.2) is 0 Å². The minimum Gasteiger partial charge on any atom is -0.328 e. The second-order valence-electron chi connectivity index (χ2n) is 5.89. The van der Waals surface area contributed by atoms with Crippen LogP contribution in [0.25, 0.3) is 0 Å². The number of rotatable bonds is 3. The molecule has 1 aliphatic heterocycles. The van der Waals surface area contributed by atoms with Crippen LogP contribution in [0, 0.1) is 11.8 Å². The summed E-state index contributed by atoms with van der Waals surface area (Å²) in [6.45, 7) is 3.34. The molecule has 0 spiro atoms. The van der Waals surface area contributed by atoms with Crippen molar-refractivity contribution in [1.82, 2.24) is 9.80 Å². The van der Waals surface area contributed by atoms with Gasteiger partial charge >= 0.3 is 0 Å². The van der Waals surface area contributed by atoms with E-state index in [-0.39, 0.29) is 23.9 Å². The number of alkyl halides is 6. The molecule has 1 heterocycles. The van der Waals surface area contributed by atoms with E-state index < -0.39 is 25.5 Å². The number of piperazine rings is 1. The zero-order chi connectivity index (χ0) is 19.0. The fraction of sp³-hybridized carbons (Fsp3) is 0.714. The monoisotopic (exact) mass is 456 g/mol. The zero-order valence-electron chi connectivity index (χ0n) is 13.5. The Morgan fingerprint density at radius 3 is 1.96 bits per heavy atom. The first-order valence-electron chi connectivity index (χ1n) is 7.07. The van der Waals surface area contributed by atoms with Gasteiger partial charge in [-0.3, -0.25) is 9.59 Å². The Balaban J connectivity index is 3.09. The normalized spacial score (nSPS) is 24.6. The summed E-state index contributed by atoms with van der Waals surface area (Å²) >= 11 is 35.1. The highest BCUT2D eigenvalue weighted by atomic mass is 35.6. The Morgan fingerprint density at radius 2 is 1.54 bits per heavy atom. The number of carbonyl (C=O) groups excluding carboxylic acids is 2. The molecule has 4 nitrogen and oxygen atoms in total. The van der Waals surface area contributed by atoms with Crippen molar-refractivity contribution in [3.05, 3.63) is 11.8 Å². The van der Waals surface area contributed by atoms with Crippen LogP contribution in [0.15, 0.2) is 11.8 Å². The zero-order valence-corrected chi connectivity index (χ0v) is 18.0. The molecule has 1 fully saturated rings. The average Bonchev–Trinajstić information content (AvgIpc) is 2.43. The van der Waals surface area contributed by atoms with Gasteiger partial charge in [0.05, 0.1) is 0 Å². The molecule has 3 atom stereocenters. The smallest absolute Gasteiger partial charge is 0.270 e. The highest BCUT2D eigenvalue weighted by Gasteiger charge is 2.43. The molecule has 0 radical (unpaired) electrons. The molecule has 138 valence electrons. The van der Waals surface area contributed by atoms with Crippen LogP contribution in [-0.4, -0.2) is 49.3 Å². The van der Waals surface area contributed by atoms with E-state index in [0.717, 1.165) is 0 Å². The van der Waals surface area contributed by atoms with Crippen LogP contribution >= 0.6 is 69.6 Å². The van der Waals surface area contributed by atoms with Gasteiger partial charge in [0.1, 0.15) is 11.7 Å². The quantitative estimate of drug-likeness (QED) is 0.459. The van der Waals surface area contributed by atoms with Crippen molar-refractivity contribution in [1.29, 1.82) is 0 Å². The Kier molecular flexibility index (Phi) is 7.46. The van der Waals surface area contributed by atoms with Crippen LogP contribution in [-0.2, 0) is 9.59 Å². The van der Waals surface area contributed by atoms with Gasteiger partial charge in [-0.15, -0.1) is 0 Å². The van der Waals surface area contributed by atoms with E-state index in [1.165, 1.54) is 30.0 Å². The number of halogens is 6. The summed E-state index contributed by atoms with van der Waals surface area (Å²) in [7, 11) is 3.02. The molecule has 0 aromatic rings. The number of likely N-dealkylation sites (N-methyl/N-ethyl adjacent to an activating group) is 2. The summed E-state index contributed by atoms with van der Waals surface area (Å²) in [6.07, 6.45) is 1.69. The highest BCUT2D eigenvalue weighted by Crippen LogP contribution is 2.39. The molecule has 0 N–H and O–H groups in total. The molecule has 0 bridgehead atoms. The molecule has 0 unspecified atom stereocenters. The summed E-state index contributed by atoms with van der Waals surface area (Å²) in [6, 6.07) is -0.728. The topological polar surface area (TPSA) is 40.6 Å². The van der Waals surface area contributed by atoms with Crippen LogP contribution < -0.4 is 0 Å². The van der Waals surface area contributed by atoms with Gasteiger partial charge in [0.2, 0.25) is 5.91 Å². The highest BCUT2D eigenvalue weighted by molar-refractivity contribution is 6.68. The summed E-state index contributed by atoms with van der Waals surface area (Å²) in [4.78, 5) is 27.8. The van der Waals surface area contributed by atoms with Crippen molar-refractivity contribution in [2.45, 2.75) is 33.9 Å². The van der Waals surface area contributed by atoms with Crippen molar-refractivity contribution in [2.75, 3.05) is 14.1 Å². The van der Waals surface area contributed by atoms with E-state index in [4.69, 9.17) is 69.6 Å². The van der Waals surface area contributed by atoms with Gasteiger partial charge in [-0.05, 0) is 12.5 Å². The first-order valence-corrected chi connectivity index (χ1v) is 9.34. The Morgan fingerprint density at radius 1 is 1.04 bits per heavy atom. The fourth-order valence-corrected chi connectivity index (χ4v) is 2.67. The van der Waals surface area contributed by atoms with Gasteiger partial charge in [-0.1, -0.05) is 83.5 Å². The van der Waals surface area contributed by atoms with Gasteiger partial charge < -0.3 is 9.80 Å². The Labute approximate surface area is 171 Å². The second-order valence-corrected chi connectivity index (χ2v) is 10.6. The fourth-order valence-electron chi connectivity index (χ4n) is 2.22. The van der Waals surface area contributed by atoms with Crippen LogP contribution in [0.5, 0.6) is 0 Å². The SMILES string of the molecule is C[C@H](/C=C1/C(=O)N(C)[C@H](C[C@@H](C)C(Cl)(Cl)Cl)C(=O)N1C)C(Cl)(Cl)Cl. The third kappa shape index (κ3) is 5.21. The number of nitrogens with zero attached hydrogens (tertiary/aromatic N) is 2. The lowest BCUT2D eigenvalue weighted by Crippen LogP contribution is -2.56. The maximum atomic E-state index is 12.6. The van der Waals surface area contributed by atoms with E-state index in [2.05, 4.69) is 0 Å². The average molecular weight is 459 g/mol. The van der Waals surface area contributed by atoms with E-state index in [1.54, 1.807) is 13.8 Å². The van der Waals surface area contributed by atoms with E-state index >= 15 is 0 Å². The van der Waals surface area contributed by atoms with Crippen molar-refractivity contribution in [3.8, 4) is 0 Å². The molecule has 2 amide bonds. The predicted octanol–water partition coefficient (Wildman–Crippen LogP) is 4.57. The lowest BCUT2D eigenvalue weighted by molar-refractivity contribution is -0.149. The number of amides is 2. The Hall–Kier alpha value is 0.420. The number of hydrogen-bond acceptors (Lipinski definition) is 2. The summed E-state index contributed by atoms with van der Waals surface area (Å²) in [5.74, 6) is -1.65. The largest absolute Gasteiger partial charge is 0.328 e. The van der Waals surface area contributed by atoms with Crippen LogP contribution in [0.4, 0.5) is 0 Å². The molecule has 0 aromatic carbocycles. The first-order chi connectivity index (χ1) is 10.7. The predicted molar refractivity (Wildman–Crippen MR) is 101 cm³/mol. The maximum absolute atomic E-state index is 12.6. The standard InChI is InChI=1S/C14H18Cl6N2O2/c1-7(13(15,16)17)5-9-11(23)22(4)10(12(24)21(9)3)6-8(2)14(18,19)20/h5,7-8,10H,6H2,1-4H3/b9-5-/t7-,8-,10-/m1/s1. The van der Waals surface area contributed by atoms with Crippen LogP contribution in [0.1, 0.15) is 20.3 Å². The van der Waals surface area contributed by atoms with Crippen molar-refractivity contribution >= 4 is 81.4 Å². The molecule has 1 rings (SSSR count). The number of hydrogen-bond donors (Lipinski definition) is 0. The van der Waals surface area contributed by atoms with Crippen molar-refractivity contribution < 1.29 is 9.59 Å². The Bertz CT molecular complexity index is 540. The van der Waals surface area contributed by atoms with Gasteiger partial charge in [0.15, 0.2) is 7.59 Å². The van der Waals surface area contributed by atoms with E-state index in [1.807, 2.05) is 0 Å². The first kappa shape index (κ1) is 22.5. The van der Waals surface area contributed by atoms with Gasteiger partial charge in [-0.2, -0.15) is 0 Å². The van der Waals surface area contributed by atoms with Crippen LogP contribution in [0.3, 0.4) is 0 Å². The number of carbonyl (C=O) groups is 2. The third-order valence-electron chi connectivity index (χ3n) is 4.04. The van der Waals surface area contributed by atoms with Gasteiger partial charge in [0, 0.05) is 25.9 Å². The van der Waals surface area contributed by atoms with E-state index in [0.29, 0.717) is 0 Å². The molecular weight excluding hydrogens is 441 g/mol. The van der Waals surface area contributed by atoms with E-state index in [9.17, 15) is 9.59 Å². The number of allylic oxidation sites excluding steroid dienone is 1. The van der Waals surface area contributed by atoms with Gasteiger partial charge in [0.25, 0.3) is 5.91 Å². The molecule has 10 heteroatoms. The van der Waals surface area contributed by atoms with Crippen molar-refractivity contribution in [3.63, 3.8) is 0 Å². The lowest BCUT2D eigenvalue weighted by atomic mass is 9.97. The summed E-state index contributed by atoms with van der Waals surface area (Å²) < 4.78 is -3.11. The third-order valence-corrected chi connectivity index (χ3v) is 6.19. The molecule has 1 aliphatic rings. The molecule has 0 aromatic heterocycles. The van der Waals surface area contributed by atoms with Crippen molar-refractivity contribution in [2.24, 2.45) is 11.8 Å². The molecule has 0 aliphatic carbocycles. The molecular formula is C14H18Cl6N2O2. The molecule has 0 saturated carbocycles. The second kappa shape index (κ2) is 7.98. The lowest BCUT2D eigenvalue weighted by Gasteiger charge is -2.40. The molecule has 1 saturated heterocycles. The summed E-state index contributed by atoms with van der Waals surface area (Å²) in [5.41, 5.74) is 0.152. The maximum Gasteiger partial charge on any atom is 0.270 e.